The molecule has 2 rings (SSSR count). The van der Waals surface area contributed by atoms with Crippen LogP contribution in [0.1, 0.15) is 11.8 Å². The third kappa shape index (κ3) is 3.16. The maximum absolute atomic E-state index is 6.38. The van der Waals surface area contributed by atoms with Crippen LogP contribution in [0.5, 0.6) is 0 Å². The number of nitrogens with two attached hydrogens (primary N) is 1. The van der Waals surface area contributed by atoms with Crippen molar-refractivity contribution in [1.29, 1.82) is 0 Å². The molecule has 0 spiro atoms. The van der Waals surface area contributed by atoms with Crippen LogP contribution in [0, 0.1) is 5.92 Å². The molecule has 92 valence electrons. The van der Waals surface area contributed by atoms with Crippen LogP contribution in [-0.2, 0) is 5.75 Å². The van der Waals surface area contributed by atoms with Crippen molar-refractivity contribution < 1.29 is 0 Å². The van der Waals surface area contributed by atoms with Gasteiger partial charge in [0.25, 0.3) is 0 Å². The van der Waals surface area contributed by atoms with Crippen LogP contribution < -0.4 is 5.73 Å². The van der Waals surface area contributed by atoms with Gasteiger partial charge in [-0.2, -0.15) is 11.8 Å². The highest BCUT2D eigenvalue weighted by Gasteiger charge is 2.10. The van der Waals surface area contributed by atoms with Crippen molar-refractivity contribution in [2.45, 2.75) is 12.7 Å². The second-order valence-corrected chi connectivity index (χ2v) is 6.74. The monoisotopic (exact) mass is 285 g/mol. The lowest BCUT2D eigenvalue weighted by atomic mass is 10.2. The van der Waals surface area contributed by atoms with Crippen LogP contribution in [0.15, 0.2) is 24.3 Å². The molecule has 1 aromatic carbocycles. The van der Waals surface area contributed by atoms with Crippen LogP contribution in [0.25, 0.3) is 10.1 Å². The van der Waals surface area contributed by atoms with Crippen LogP contribution >= 0.6 is 34.7 Å². The van der Waals surface area contributed by atoms with Crippen LogP contribution in [0.3, 0.4) is 0 Å². The van der Waals surface area contributed by atoms with Gasteiger partial charge in [-0.15, -0.1) is 11.3 Å². The average molecular weight is 286 g/mol. The van der Waals surface area contributed by atoms with E-state index in [0.717, 1.165) is 23.1 Å². The third-order valence-electron chi connectivity index (χ3n) is 2.64. The number of halogens is 1. The summed E-state index contributed by atoms with van der Waals surface area (Å²) in [6.45, 7) is 2.94. The molecular weight excluding hydrogens is 270 g/mol. The summed E-state index contributed by atoms with van der Waals surface area (Å²) in [7, 11) is 0. The van der Waals surface area contributed by atoms with E-state index in [4.69, 9.17) is 17.3 Å². The van der Waals surface area contributed by atoms with Gasteiger partial charge in [0.1, 0.15) is 0 Å². The van der Waals surface area contributed by atoms with Gasteiger partial charge in [0.2, 0.25) is 0 Å². The minimum atomic E-state index is 0.577. The van der Waals surface area contributed by atoms with Gasteiger partial charge in [0.05, 0.1) is 5.02 Å². The first kappa shape index (κ1) is 13.2. The van der Waals surface area contributed by atoms with Gasteiger partial charge in [0.15, 0.2) is 0 Å². The molecule has 2 aromatic rings. The highest BCUT2D eigenvalue weighted by molar-refractivity contribution is 7.98. The molecule has 2 N–H and O–H groups in total. The summed E-state index contributed by atoms with van der Waals surface area (Å²) in [4.78, 5) is 1.28. The molecule has 0 amide bonds. The Hall–Kier alpha value is -0.220. The van der Waals surface area contributed by atoms with Gasteiger partial charge < -0.3 is 5.73 Å². The summed E-state index contributed by atoms with van der Waals surface area (Å²) in [6.07, 6.45) is 0. The first-order valence-corrected chi connectivity index (χ1v) is 8.01. The van der Waals surface area contributed by atoms with E-state index in [9.17, 15) is 0 Å². The summed E-state index contributed by atoms with van der Waals surface area (Å²) in [5.41, 5.74) is 5.61. The molecule has 1 aromatic heterocycles. The van der Waals surface area contributed by atoms with Crippen molar-refractivity contribution in [3.63, 3.8) is 0 Å². The number of benzene rings is 1. The number of thiophene rings is 1. The maximum atomic E-state index is 6.38. The smallest absolute Gasteiger partial charge is 0.0632 e. The summed E-state index contributed by atoms with van der Waals surface area (Å²) < 4.78 is 1.28. The highest BCUT2D eigenvalue weighted by atomic mass is 35.5. The molecule has 1 nitrogen and oxygen atoms in total. The Morgan fingerprint density at radius 2 is 2.18 bits per heavy atom. The van der Waals surface area contributed by atoms with E-state index in [1.807, 2.05) is 17.8 Å². The zero-order valence-corrected chi connectivity index (χ0v) is 12.2. The fourth-order valence-electron chi connectivity index (χ4n) is 1.58. The van der Waals surface area contributed by atoms with E-state index < -0.39 is 0 Å². The largest absolute Gasteiger partial charge is 0.330 e. The zero-order chi connectivity index (χ0) is 12.3. The summed E-state index contributed by atoms with van der Waals surface area (Å²) >= 11 is 10.1. The van der Waals surface area contributed by atoms with E-state index in [0.29, 0.717) is 5.92 Å². The second kappa shape index (κ2) is 6.10. The molecule has 4 heteroatoms. The Bertz CT molecular complexity index is 495. The lowest BCUT2D eigenvalue weighted by Gasteiger charge is -2.06. The molecule has 0 aliphatic heterocycles. The molecule has 17 heavy (non-hydrogen) atoms. The van der Waals surface area contributed by atoms with Gasteiger partial charge in [-0.05, 0) is 24.3 Å². The molecule has 0 saturated heterocycles. The first-order chi connectivity index (χ1) is 8.22. The molecule has 1 heterocycles. The van der Waals surface area contributed by atoms with Crippen molar-refractivity contribution in [3.05, 3.63) is 34.2 Å². The fourth-order valence-corrected chi connectivity index (χ4v) is 4.42. The van der Waals surface area contributed by atoms with Crippen molar-refractivity contribution in [2.75, 3.05) is 12.3 Å². The fraction of sp³-hybridized carbons (Fsp3) is 0.385. The molecule has 0 bridgehead atoms. The van der Waals surface area contributed by atoms with Crippen LogP contribution in [-0.4, -0.2) is 12.3 Å². The van der Waals surface area contributed by atoms with Gasteiger partial charge in [0, 0.05) is 20.7 Å². The van der Waals surface area contributed by atoms with E-state index in [1.54, 1.807) is 11.3 Å². The van der Waals surface area contributed by atoms with Gasteiger partial charge in [-0.3, -0.25) is 0 Å². The Morgan fingerprint density at radius 3 is 2.88 bits per heavy atom. The Morgan fingerprint density at radius 1 is 1.41 bits per heavy atom. The molecule has 0 radical (unpaired) electrons. The van der Waals surface area contributed by atoms with Crippen molar-refractivity contribution >= 4 is 44.8 Å². The number of thioether (sulfide) groups is 1. The van der Waals surface area contributed by atoms with Crippen LogP contribution in [0.2, 0.25) is 5.02 Å². The molecule has 0 aliphatic carbocycles. The minimum Gasteiger partial charge on any atom is -0.330 e. The van der Waals surface area contributed by atoms with Crippen LogP contribution in [0.4, 0.5) is 0 Å². The topological polar surface area (TPSA) is 26.0 Å². The molecule has 1 unspecified atom stereocenters. The minimum absolute atomic E-state index is 0.577. The molecular formula is C13H16ClNS2. The number of hydrogen-bond acceptors (Lipinski definition) is 3. The molecule has 0 saturated carbocycles. The quantitative estimate of drug-likeness (QED) is 0.882. The lowest BCUT2D eigenvalue weighted by molar-refractivity contribution is 0.675. The SMILES string of the molecule is CC(CN)CSCc1sc2ccccc2c1Cl. The molecule has 1 atom stereocenters. The summed E-state index contributed by atoms with van der Waals surface area (Å²) in [5.74, 6) is 2.66. The predicted molar refractivity (Wildman–Crippen MR) is 81.2 cm³/mol. The normalized spacial score (nSPS) is 13.1. The molecule has 0 aliphatic rings. The Kier molecular flexibility index (Phi) is 4.74. The predicted octanol–water partition coefficient (Wildman–Crippen LogP) is 4.38. The van der Waals surface area contributed by atoms with Gasteiger partial charge in [-0.1, -0.05) is 36.7 Å². The van der Waals surface area contributed by atoms with E-state index >= 15 is 0 Å². The number of rotatable bonds is 5. The van der Waals surface area contributed by atoms with Crippen molar-refractivity contribution in [1.82, 2.24) is 0 Å². The van der Waals surface area contributed by atoms with Gasteiger partial charge in [-0.25, -0.2) is 0 Å². The second-order valence-electron chi connectivity index (χ2n) is 4.19. The molecule has 0 fully saturated rings. The lowest BCUT2D eigenvalue weighted by Crippen LogP contribution is -2.12. The van der Waals surface area contributed by atoms with E-state index in [2.05, 4.69) is 25.1 Å². The van der Waals surface area contributed by atoms with Crippen molar-refractivity contribution in [2.24, 2.45) is 11.7 Å². The maximum Gasteiger partial charge on any atom is 0.0632 e. The average Bonchev–Trinajstić information content (AvgIpc) is 2.67. The standard InChI is InChI=1S/C13H16ClNS2/c1-9(6-15)7-16-8-12-13(14)10-4-2-3-5-11(10)17-12/h2-5,9H,6-8,15H2,1H3. The third-order valence-corrected chi connectivity index (χ3v) is 5.83. The zero-order valence-electron chi connectivity index (χ0n) is 9.78. The highest BCUT2D eigenvalue weighted by Crippen LogP contribution is 2.37. The van der Waals surface area contributed by atoms with Crippen molar-refractivity contribution in [3.8, 4) is 0 Å². The number of fused-ring (bicyclic) bond motifs is 1. The Balaban J connectivity index is 2.06. The van der Waals surface area contributed by atoms with E-state index in [-0.39, 0.29) is 0 Å². The summed E-state index contributed by atoms with van der Waals surface area (Å²) in [6, 6.07) is 8.31. The van der Waals surface area contributed by atoms with Gasteiger partial charge >= 0.3 is 0 Å². The Labute approximate surface area is 115 Å². The van der Waals surface area contributed by atoms with E-state index in [1.165, 1.54) is 15.0 Å². The summed E-state index contributed by atoms with van der Waals surface area (Å²) in [5, 5.41) is 2.11. The number of hydrogen-bond donors (Lipinski definition) is 1. The first-order valence-electron chi connectivity index (χ1n) is 5.66.